The monoisotopic (exact) mass is 660 g/mol. The molecule has 2 amide bonds. The van der Waals surface area contributed by atoms with Crippen molar-refractivity contribution in [2.75, 3.05) is 26.2 Å². The summed E-state index contributed by atoms with van der Waals surface area (Å²) < 4.78 is 67.0. The number of alkyl halides is 3. The second-order valence-corrected chi connectivity index (χ2v) is 12.1. The fourth-order valence-corrected chi connectivity index (χ4v) is 6.11. The molecule has 248 valence electrons. The summed E-state index contributed by atoms with van der Waals surface area (Å²) in [5.74, 6) is -3.69. The van der Waals surface area contributed by atoms with E-state index in [2.05, 4.69) is 5.32 Å². The maximum absolute atomic E-state index is 13.6. The Morgan fingerprint density at radius 2 is 1.93 bits per heavy atom. The van der Waals surface area contributed by atoms with Crippen LogP contribution in [-0.4, -0.2) is 86.3 Å². The summed E-state index contributed by atoms with van der Waals surface area (Å²) in [5, 5.41) is 14.0. The van der Waals surface area contributed by atoms with E-state index < -0.39 is 72.2 Å². The van der Waals surface area contributed by atoms with Crippen LogP contribution in [-0.2, 0) is 35.0 Å². The Hall–Kier alpha value is -3.33. The van der Waals surface area contributed by atoms with Gasteiger partial charge in [-0.1, -0.05) is 42.3 Å². The summed E-state index contributed by atoms with van der Waals surface area (Å²) in [6, 6.07) is 3.33. The van der Waals surface area contributed by atoms with Crippen LogP contribution in [0.5, 0.6) is 5.75 Å². The molecule has 0 aliphatic carbocycles. The first kappa shape index (κ1) is 34.5. The van der Waals surface area contributed by atoms with E-state index in [4.69, 9.17) is 35.3 Å². The number of esters is 1. The zero-order valence-corrected chi connectivity index (χ0v) is 26.3. The number of allylic oxidation sites excluding steroid dienone is 3. The number of halogens is 4. The van der Waals surface area contributed by atoms with Gasteiger partial charge < -0.3 is 33.7 Å². The van der Waals surface area contributed by atoms with E-state index in [1.807, 2.05) is 6.92 Å². The molecular weight excluding hydrogens is 625 g/mol. The van der Waals surface area contributed by atoms with Crippen molar-refractivity contribution < 1.29 is 56.3 Å². The van der Waals surface area contributed by atoms with Crippen LogP contribution in [0.15, 0.2) is 35.9 Å². The molecule has 2 fully saturated rings. The lowest BCUT2D eigenvalue weighted by atomic mass is 9.83. The highest BCUT2D eigenvalue weighted by Crippen LogP contribution is 2.49. The van der Waals surface area contributed by atoms with E-state index in [1.165, 1.54) is 28.2 Å². The number of rotatable bonds is 3. The molecule has 2 N–H and O–H groups in total. The molecule has 1 aromatic rings. The lowest BCUT2D eigenvalue weighted by molar-refractivity contribution is -0.207. The van der Waals surface area contributed by atoms with Gasteiger partial charge >= 0.3 is 18.2 Å². The van der Waals surface area contributed by atoms with Crippen LogP contribution >= 0.6 is 11.6 Å². The molecule has 11 nitrogen and oxygen atoms in total. The smallest absolute Gasteiger partial charge is 0.490 e. The Labute approximate surface area is 263 Å². The summed E-state index contributed by atoms with van der Waals surface area (Å²) in [7, 11) is 4.14. The third-order valence-electron chi connectivity index (χ3n) is 8.43. The third-order valence-corrected chi connectivity index (χ3v) is 8.81. The maximum Gasteiger partial charge on any atom is 0.490 e. The Morgan fingerprint density at radius 1 is 1.24 bits per heavy atom. The Balaban J connectivity index is 1.81. The first-order valence-electron chi connectivity index (χ1n) is 14.1. The number of aliphatic hydroxyl groups is 1. The molecule has 0 saturated carbocycles. The third kappa shape index (κ3) is 7.24. The molecule has 4 bridgehead atoms. The number of hydrogen-bond donors (Lipinski definition) is 2. The van der Waals surface area contributed by atoms with Crippen LogP contribution in [0, 0.1) is 5.92 Å². The van der Waals surface area contributed by atoms with Crippen molar-refractivity contribution in [2.45, 2.75) is 82.0 Å². The van der Waals surface area contributed by atoms with Gasteiger partial charge in [-0.25, -0.2) is 9.59 Å². The number of amides is 2. The van der Waals surface area contributed by atoms with E-state index in [0.717, 1.165) is 10.5 Å². The highest BCUT2D eigenvalue weighted by molar-refractivity contribution is 6.35. The number of ether oxygens (including phenoxy) is 5. The van der Waals surface area contributed by atoms with Crippen molar-refractivity contribution in [3.8, 4) is 5.75 Å². The molecule has 1 aromatic carbocycles. The van der Waals surface area contributed by atoms with Gasteiger partial charge in [0.15, 0.2) is 5.72 Å². The Bertz CT molecular complexity index is 1400. The molecule has 45 heavy (non-hydrogen) atoms. The molecule has 15 heteroatoms. The average Bonchev–Trinajstić information content (AvgIpc) is 3.65. The molecule has 3 aliphatic rings. The van der Waals surface area contributed by atoms with Crippen molar-refractivity contribution in [1.29, 1.82) is 0 Å². The van der Waals surface area contributed by atoms with Crippen molar-refractivity contribution in [3.05, 3.63) is 46.5 Å². The maximum atomic E-state index is 13.6. The molecule has 0 radical (unpaired) electrons. The lowest BCUT2D eigenvalue weighted by Crippen LogP contribution is -2.63. The van der Waals surface area contributed by atoms with Crippen molar-refractivity contribution in [3.63, 3.8) is 0 Å². The normalized spacial score (nSPS) is 33.7. The first-order chi connectivity index (χ1) is 20.9. The second kappa shape index (κ2) is 12.8. The van der Waals surface area contributed by atoms with Gasteiger partial charge in [0.25, 0.3) is 0 Å². The van der Waals surface area contributed by atoms with E-state index in [1.54, 1.807) is 37.3 Å². The van der Waals surface area contributed by atoms with Crippen LogP contribution in [0.2, 0.25) is 5.02 Å². The number of fused-ring (bicyclic) bond motifs is 5. The Morgan fingerprint density at radius 3 is 2.56 bits per heavy atom. The summed E-state index contributed by atoms with van der Waals surface area (Å²) in [6.07, 6.45) is -6.43. The predicted octanol–water partition coefficient (Wildman–Crippen LogP) is 4.23. The number of epoxide rings is 1. The minimum Gasteiger partial charge on any atom is -0.495 e. The summed E-state index contributed by atoms with van der Waals surface area (Å²) in [5.41, 5.74) is -1.74. The van der Waals surface area contributed by atoms with E-state index in [0.29, 0.717) is 12.0 Å². The molecule has 3 aliphatic heterocycles. The highest BCUT2D eigenvalue weighted by atomic mass is 35.5. The lowest BCUT2D eigenvalue weighted by Gasteiger charge is -2.42. The largest absolute Gasteiger partial charge is 0.495 e. The van der Waals surface area contributed by atoms with Crippen LogP contribution in [0.3, 0.4) is 0 Å². The number of alkyl carbamates (subject to hydrolysis) is 1. The minimum absolute atomic E-state index is 0.0894. The predicted molar refractivity (Wildman–Crippen MR) is 155 cm³/mol. The average molecular weight is 661 g/mol. The molecule has 2 saturated heterocycles. The fraction of sp³-hybridized carbons (Fsp3) is 0.567. The quantitative estimate of drug-likeness (QED) is 0.361. The Kier molecular flexibility index (Phi) is 9.84. The number of carbonyl (C=O) groups is 3. The number of carbonyl (C=O) groups excluding carboxylic acids is 3. The van der Waals surface area contributed by atoms with Gasteiger partial charge in [-0.15, -0.1) is 0 Å². The number of methoxy groups -OCH3 is 2. The highest BCUT2D eigenvalue weighted by Gasteiger charge is 2.65. The molecular formula is C30H36ClF3N2O9. The molecule has 7 unspecified atom stereocenters. The van der Waals surface area contributed by atoms with Crippen LogP contribution in [0.1, 0.15) is 39.2 Å². The topological polar surface area (TPSA) is 136 Å². The van der Waals surface area contributed by atoms with Crippen LogP contribution in [0.25, 0.3) is 0 Å². The standard InChI is InChI=1S/C30H36ClF3N2O9/c1-15-8-7-9-21(42-6)29(40)14-20(43-27(39)35-29)16(2)25-28(3,45-25)22(44-26(38)30(32,33)34)13-23(37)36(4)18-11-17(10-15)12-19(41-5)24(18)31/h7-9,11-12,16,20-22,25,40H,10,13-14H2,1-6H3,(H,35,39)/b9-7?,15-8+. The van der Waals surface area contributed by atoms with Crippen LogP contribution < -0.4 is 15.0 Å². The van der Waals surface area contributed by atoms with Crippen molar-refractivity contribution in [1.82, 2.24) is 5.32 Å². The van der Waals surface area contributed by atoms with E-state index in [9.17, 15) is 32.7 Å². The second-order valence-electron chi connectivity index (χ2n) is 11.7. The summed E-state index contributed by atoms with van der Waals surface area (Å²) >= 11 is 6.55. The van der Waals surface area contributed by atoms with E-state index >= 15 is 0 Å². The SMILES string of the molecule is COc1cc2cc(c1Cl)N(C)C(=O)CC(OC(=O)C(F)(F)F)C1(C)OC1C(C)C1CC(O)(NC(=O)O1)C(OC)C=C/C=C(\C)C2. The van der Waals surface area contributed by atoms with Gasteiger partial charge in [-0.3, -0.25) is 10.1 Å². The minimum atomic E-state index is -5.34. The zero-order valence-electron chi connectivity index (χ0n) is 25.6. The van der Waals surface area contributed by atoms with Gasteiger partial charge in [-0.2, -0.15) is 13.2 Å². The number of benzene rings is 1. The summed E-state index contributed by atoms with van der Waals surface area (Å²) in [6.45, 7) is 4.86. The van der Waals surface area contributed by atoms with Gasteiger partial charge in [0.1, 0.15) is 34.7 Å². The molecule has 0 spiro atoms. The number of hydrogen-bond acceptors (Lipinski definition) is 9. The van der Waals surface area contributed by atoms with Gasteiger partial charge in [0.05, 0.1) is 25.3 Å². The molecule has 4 rings (SSSR count). The van der Waals surface area contributed by atoms with Crippen molar-refractivity contribution in [2.24, 2.45) is 5.92 Å². The van der Waals surface area contributed by atoms with Crippen molar-refractivity contribution >= 4 is 35.3 Å². The fourth-order valence-electron chi connectivity index (χ4n) is 5.80. The van der Waals surface area contributed by atoms with Crippen LogP contribution in [0.4, 0.5) is 23.7 Å². The zero-order chi connectivity index (χ0) is 33.5. The first-order valence-corrected chi connectivity index (χ1v) is 14.5. The molecule has 3 heterocycles. The van der Waals surface area contributed by atoms with Gasteiger partial charge in [0.2, 0.25) is 5.91 Å². The molecule has 0 aromatic heterocycles. The van der Waals surface area contributed by atoms with Gasteiger partial charge in [-0.05, 0) is 38.0 Å². The summed E-state index contributed by atoms with van der Waals surface area (Å²) in [4.78, 5) is 39.3. The number of nitrogens with zero attached hydrogens (tertiary/aromatic N) is 1. The van der Waals surface area contributed by atoms with E-state index in [-0.39, 0.29) is 22.9 Å². The van der Waals surface area contributed by atoms with Gasteiger partial charge in [0, 0.05) is 26.5 Å². The molecule has 7 atom stereocenters. The number of nitrogens with one attached hydrogen (secondary N) is 1. The number of anilines is 1.